The molecule has 6 heteroatoms. The Balaban J connectivity index is 0.000000913. The van der Waals surface area contributed by atoms with Crippen LogP contribution in [0.25, 0.3) is 0 Å². The summed E-state index contributed by atoms with van der Waals surface area (Å²) in [5.74, 6) is -0.404. The van der Waals surface area contributed by atoms with Gasteiger partial charge in [0.25, 0.3) is 0 Å². The van der Waals surface area contributed by atoms with E-state index >= 15 is 0 Å². The molecule has 2 aromatic rings. The monoisotopic (exact) mass is 423 g/mol. The molecule has 6 nitrogen and oxygen atoms in total. The van der Waals surface area contributed by atoms with E-state index in [-0.39, 0.29) is 29.7 Å². The number of pyridine rings is 1. The summed E-state index contributed by atoms with van der Waals surface area (Å²) in [6, 6.07) is 20.4. The molecule has 2 aliphatic rings. The number of allylic oxidation sites excluding steroid dienone is 4. The molecule has 32 heavy (non-hydrogen) atoms. The van der Waals surface area contributed by atoms with Gasteiger partial charge in [-0.1, -0.05) is 42.5 Å². The van der Waals surface area contributed by atoms with E-state index in [4.69, 9.17) is 10.8 Å². The molecule has 0 saturated carbocycles. The Morgan fingerprint density at radius 3 is 2.31 bits per heavy atom. The van der Waals surface area contributed by atoms with E-state index in [1.165, 1.54) is 5.56 Å². The number of benzene rings is 1. The summed E-state index contributed by atoms with van der Waals surface area (Å²) in [5, 5.41) is 37.6. The lowest BCUT2D eigenvalue weighted by molar-refractivity contribution is 0.302. The minimum absolute atomic E-state index is 0.0551. The van der Waals surface area contributed by atoms with Gasteiger partial charge in [-0.3, -0.25) is 4.98 Å². The van der Waals surface area contributed by atoms with Gasteiger partial charge in [0.1, 0.15) is 6.07 Å². The first kappa shape index (κ1) is 22.8. The molecule has 0 bridgehead atoms. The number of nitriles is 3. The molecule has 0 aliphatic heterocycles. The number of aliphatic hydroxyl groups excluding tert-OH is 1. The molecule has 0 fully saturated rings. The van der Waals surface area contributed by atoms with E-state index < -0.39 is 11.3 Å². The average molecular weight is 424 g/mol. The summed E-state index contributed by atoms with van der Waals surface area (Å²) in [5.41, 5.74) is 7.92. The van der Waals surface area contributed by atoms with E-state index in [0.717, 1.165) is 24.0 Å². The van der Waals surface area contributed by atoms with Crippen molar-refractivity contribution in [2.75, 3.05) is 6.61 Å². The highest BCUT2D eigenvalue weighted by Gasteiger charge is 2.54. The number of aliphatic hydroxyl groups is 1. The van der Waals surface area contributed by atoms with Crippen LogP contribution in [-0.2, 0) is 0 Å². The maximum atomic E-state index is 10.1. The molecular weight excluding hydrogens is 398 g/mol. The second kappa shape index (κ2) is 9.92. The zero-order valence-electron chi connectivity index (χ0n) is 17.9. The third-order valence-electron chi connectivity index (χ3n) is 6.19. The topological polar surface area (TPSA) is 131 Å². The zero-order chi connectivity index (χ0) is 23.1. The highest BCUT2D eigenvalue weighted by Crippen LogP contribution is 2.57. The van der Waals surface area contributed by atoms with Crippen molar-refractivity contribution in [3.8, 4) is 18.2 Å². The van der Waals surface area contributed by atoms with Gasteiger partial charge in [0.2, 0.25) is 0 Å². The van der Waals surface area contributed by atoms with Gasteiger partial charge in [-0.05, 0) is 54.4 Å². The van der Waals surface area contributed by atoms with E-state index in [2.05, 4.69) is 41.4 Å². The van der Waals surface area contributed by atoms with E-state index in [9.17, 15) is 15.8 Å². The summed E-state index contributed by atoms with van der Waals surface area (Å²) in [7, 11) is 0. The molecule has 0 amide bonds. The minimum Gasteiger partial charge on any atom is -0.399 e. The molecule has 0 radical (unpaired) electrons. The fourth-order valence-corrected chi connectivity index (χ4v) is 4.82. The number of nitrogens with two attached hydrogens (primary N) is 1. The molecule has 1 heterocycles. The molecule has 3 N–H and O–H groups in total. The standard InChI is InChI=1S/C24H19N5.C2H6O/c25-12-21-19-9-8-17(16-5-2-1-3-6-16)11-20(19)22(18-7-4-10-29-13-18)24(14-26,15-27)23(21)28;1-2-3/h1-7,9-10,13,17,20,22H,8,11,28H2;3H,2H2,1H3. The number of rotatable bonds is 2. The maximum absolute atomic E-state index is 10.1. The predicted molar refractivity (Wildman–Crippen MR) is 120 cm³/mol. The van der Waals surface area contributed by atoms with Crippen molar-refractivity contribution in [2.24, 2.45) is 17.1 Å². The summed E-state index contributed by atoms with van der Waals surface area (Å²) in [4.78, 5) is 4.21. The number of nitrogens with zero attached hydrogens (tertiary/aromatic N) is 4. The van der Waals surface area contributed by atoms with Crippen molar-refractivity contribution in [1.82, 2.24) is 4.98 Å². The fourth-order valence-electron chi connectivity index (χ4n) is 4.82. The van der Waals surface area contributed by atoms with Crippen molar-refractivity contribution in [2.45, 2.75) is 31.6 Å². The molecule has 0 saturated heterocycles. The number of aromatic nitrogens is 1. The predicted octanol–water partition coefficient (Wildman–Crippen LogP) is 4.07. The summed E-state index contributed by atoms with van der Waals surface area (Å²) < 4.78 is 0. The number of hydrogen-bond acceptors (Lipinski definition) is 6. The van der Waals surface area contributed by atoms with Crippen LogP contribution < -0.4 is 5.73 Å². The van der Waals surface area contributed by atoms with Crippen LogP contribution in [0.1, 0.15) is 42.7 Å². The Hall–Kier alpha value is -3.92. The largest absolute Gasteiger partial charge is 0.399 e. The third kappa shape index (κ3) is 3.87. The lowest BCUT2D eigenvalue weighted by Crippen LogP contribution is -2.43. The molecule has 1 aromatic heterocycles. The van der Waals surface area contributed by atoms with Crippen molar-refractivity contribution in [3.63, 3.8) is 0 Å². The van der Waals surface area contributed by atoms with Gasteiger partial charge in [0.15, 0.2) is 5.41 Å². The van der Waals surface area contributed by atoms with Crippen molar-refractivity contribution < 1.29 is 5.11 Å². The molecule has 3 unspecified atom stereocenters. The van der Waals surface area contributed by atoms with E-state index in [1.807, 2.05) is 24.3 Å². The Morgan fingerprint density at radius 2 is 1.75 bits per heavy atom. The zero-order valence-corrected chi connectivity index (χ0v) is 17.9. The van der Waals surface area contributed by atoms with Crippen molar-refractivity contribution in [1.29, 1.82) is 15.8 Å². The quantitative estimate of drug-likeness (QED) is 0.749. The van der Waals surface area contributed by atoms with Gasteiger partial charge in [-0.2, -0.15) is 15.8 Å². The first-order chi connectivity index (χ1) is 15.6. The first-order valence-electron chi connectivity index (χ1n) is 10.6. The van der Waals surface area contributed by atoms with E-state index in [0.29, 0.717) is 0 Å². The summed E-state index contributed by atoms with van der Waals surface area (Å²) in [6.07, 6.45) is 6.96. The third-order valence-corrected chi connectivity index (χ3v) is 6.19. The Kier molecular flexibility index (Phi) is 7.06. The van der Waals surface area contributed by atoms with Gasteiger partial charge in [0.05, 0.1) is 23.4 Å². The smallest absolute Gasteiger partial charge is 0.191 e. The summed E-state index contributed by atoms with van der Waals surface area (Å²) in [6.45, 7) is 1.93. The van der Waals surface area contributed by atoms with Gasteiger partial charge in [-0.15, -0.1) is 0 Å². The van der Waals surface area contributed by atoms with Crippen molar-refractivity contribution in [3.05, 3.63) is 88.9 Å². The molecule has 3 atom stereocenters. The summed E-state index contributed by atoms with van der Waals surface area (Å²) >= 11 is 0. The highest BCUT2D eigenvalue weighted by atomic mass is 16.2. The molecule has 0 spiro atoms. The van der Waals surface area contributed by atoms with Crippen LogP contribution in [0, 0.1) is 45.3 Å². The lowest BCUT2D eigenvalue weighted by atomic mass is 9.55. The van der Waals surface area contributed by atoms with Crippen LogP contribution in [0.2, 0.25) is 0 Å². The van der Waals surface area contributed by atoms with E-state index in [1.54, 1.807) is 25.4 Å². The SMILES string of the molecule is CCO.N#CC1=C(N)C(C#N)(C#N)C(c2cccnc2)C2CC(c3ccccc3)CC=C12. The van der Waals surface area contributed by atoms with Crippen LogP contribution >= 0.6 is 0 Å². The lowest BCUT2D eigenvalue weighted by Gasteiger charge is -2.44. The second-order valence-corrected chi connectivity index (χ2v) is 7.86. The van der Waals surface area contributed by atoms with Crippen LogP contribution in [-0.4, -0.2) is 16.7 Å². The molecule has 160 valence electrons. The van der Waals surface area contributed by atoms with Crippen LogP contribution in [0.3, 0.4) is 0 Å². The molecule has 2 aliphatic carbocycles. The average Bonchev–Trinajstić information content (AvgIpc) is 2.85. The highest BCUT2D eigenvalue weighted by molar-refractivity contribution is 5.59. The molecule has 4 rings (SSSR count). The Labute approximate surface area is 188 Å². The molecular formula is C26H25N5O. The van der Waals surface area contributed by atoms with Crippen molar-refractivity contribution >= 4 is 0 Å². The normalized spacial score (nSPS) is 23.2. The minimum atomic E-state index is -1.60. The van der Waals surface area contributed by atoms with Crippen LogP contribution in [0.5, 0.6) is 0 Å². The fraction of sp³-hybridized carbons (Fsp3) is 0.308. The Bertz CT molecular complexity index is 1120. The first-order valence-corrected chi connectivity index (χ1v) is 10.6. The molecule has 1 aromatic carbocycles. The van der Waals surface area contributed by atoms with Gasteiger partial charge in [-0.25, -0.2) is 0 Å². The van der Waals surface area contributed by atoms with Gasteiger partial charge < -0.3 is 10.8 Å². The van der Waals surface area contributed by atoms with Crippen LogP contribution in [0.4, 0.5) is 0 Å². The number of hydrogen-bond donors (Lipinski definition) is 2. The van der Waals surface area contributed by atoms with Gasteiger partial charge >= 0.3 is 0 Å². The maximum Gasteiger partial charge on any atom is 0.191 e. The number of fused-ring (bicyclic) bond motifs is 1. The van der Waals surface area contributed by atoms with Crippen LogP contribution in [0.15, 0.2) is 77.8 Å². The second-order valence-electron chi connectivity index (χ2n) is 7.86. The Morgan fingerprint density at radius 1 is 1.09 bits per heavy atom. The van der Waals surface area contributed by atoms with Gasteiger partial charge in [0, 0.05) is 24.9 Å².